The molecule has 142 valence electrons. The van der Waals surface area contributed by atoms with Crippen LogP contribution in [0, 0.1) is 13.8 Å². The number of hydrogen-bond acceptors (Lipinski definition) is 3. The molecule has 1 aliphatic heterocycles. The summed E-state index contributed by atoms with van der Waals surface area (Å²) in [6.07, 6.45) is 0.965. The highest BCUT2D eigenvalue weighted by molar-refractivity contribution is 6.11. The van der Waals surface area contributed by atoms with E-state index in [9.17, 15) is 14.4 Å². The van der Waals surface area contributed by atoms with Gasteiger partial charge in [0.1, 0.15) is 5.54 Å². The molecule has 1 aliphatic rings. The second-order valence-corrected chi connectivity index (χ2v) is 7.17. The minimum Gasteiger partial charge on any atom is -0.348 e. The number of nitrogens with zero attached hydrogens (tertiary/aromatic N) is 2. The molecule has 2 heterocycles. The standard InChI is InChI=1S/C21H25N3O3/c1-5-11-23-14(2)12-17(15(23)3)18(25)13-24-19(26)21(4,22-20(24)27)16-9-7-6-8-10-16/h6-10,12H,5,11,13H2,1-4H3,(H,22,27). The van der Waals surface area contributed by atoms with Gasteiger partial charge in [0.05, 0.1) is 6.54 Å². The van der Waals surface area contributed by atoms with E-state index in [0.29, 0.717) is 11.1 Å². The maximum Gasteiger partial charge on any atom is 0.325 e. The van der Waals surface area contributed by atoms with Crippen LogP contribution in [0.1, 0.15) is 47.6 Å². The van der Waals surface area contributed by atoms with Crippen molar-refractivity contribution >= 4 is 17.7 Å². The Kier molecular flexibility index (Phi) is 4.91. The Labute approximate surface area is 159 Å². The molecule has 0 spiro atoms. The summed E-state index contributed by atoms with van der Waals surface area (Å²) in [6, 6.07) is 10.4. The lowest BCUT2D eigenvalue weighted by molar-refractivity contribution is -0.130. The summed E-state index contributed by atoms with van der Waals surface area (Å²) in [4.78, 5) is 39.2. The van der Waals surface area contributed by atoms with E-state index < -0.39 is 17.5 Å². The molecular formula is C21H25N3O3. The molecule has 0 saturated carbocycles. The SMILES string of the molecule is CCCn1c(C)cc(C(=O)CN2C(=O)NC(C)(c3ccccc3)C2=O)c1C. The van der Waals surface area contributed by atoms with E-state index in [1.54, 1.807) is 19.1 Å². The van der Waals surface area contributed by atoms with E-state index in [2.05, 4.69) is 16.8 Å². The number of carbonyl (C=O) groups excluding carboxylic acids is 3. The normalized spacial score (nSPS) is 19.5. The van der Waals surface area contributed by atoms with E-state index in [-0.39, 0.29) is 12.3 Å². The van der Waals surface area contributed by atoms with Gasteiger partial charge in [-0.05, 0) is 38.8 Å². The van der Waals surface area contributed by atoms with Gasteiger partial charge in [-0.25, -0.2) is 4.79 Å². The zero-order valence-electron chi connectivity index (χ0n) is 16.2. The third-order valence-electron chi connectivity index (χ3n) is 5.25. The number of benzene rings is 1. The van der Waals surface area contributed by atoms with E-state index in [1.807, 2.05) is 38.1 Å². The van der Waals surface area contributed by atoms with Crippen molar-refractivity contribution in [2.24, 2.45) is 0 Å². The van der Waals surface area contributed by atoms with Crippen LogP contribution in [0.2, 0.25) is 0 Å². The summed E-state index contributed by atoms with van der Waals surface area (Å²) >= 11 is 0. The average molecular weight is 367 g/mol. The van der Waals surface area contributed by atoms with E-state index in [4.69, 9.17) is 0 Å². The summed E-state index contributed by atoms with van der Waals surface area (Å²) in [6.45, 7) is 8.18. The molecule has 1 unspecified atom stereocenters. The average Bonchev–Trinajstić information content (AvgIpc) is 3.05. The van der Waals surface area contributed by atoms with E-state index in [1.165, 1.54) is 0 Å². The van der Waals surface area contributed by atoms with Gasteiger partial charge in [-0.15, -0.1) is 0 Å². The number of imide groups is 1. The first-order chi connectivity index (χ1) is 12.8. The monoisotopic (exact) mass is 367 g/mol. The highest BCUT2D eigenvalue weighted by Gasteiger charge is 2.49. The Morgan fingerprint density at radius 1 is 1.15 bits per heavy atom. The molecule has 1 aromatic heterocycles. The third kappa shape index (κ3) is 3.16. The van der Waals surface area contributed by atoms with Crippen LogP contribution in [0.5, 0.6) is 0 Å². The topological polar surface area (TPSA) is 71.4 Å². The third-order valence-corrected chi connectivity index (χ3v) is 5.25. The summed E-state index contributed by atoms with van der Waals surface area (Å²) in [5, 5.41) is 2.73. The Hall–Kier alpha value is -2.89. The first kappa shape index (κ1) is 18.9. The Bertz CT molecular complexity index is 901. The van der Waals surface area contributed by atoms with Crippen LogP contribution in [0.3, 0.4) is 0 Å². The van der Waals surface area contributed by atoms with Gasteiger partial charge in [0.25, 0.3) is 5.91 Å². The van der Waals surface area contributed by atoms with Gasteiger partial charge in [0.15, 0.2) is 5.78 Å². The van der Waals surface area contributed by atoms with Gasteiger partial charge in [-0.1, -0.05) is 37.3 Å². The molecule has 0 bridgehead atoms. The lowest BCUT2D eigenvalue weighted by atomic mass is 9.92. The molecular weight excluding hydrogens is 342 g/mol. The number of aromatic nitrogens is 1. The van der Waals surface area contributed by atoms with Crippen molar-refractivity contribution in [2.45, 2.75) is 46.2 Å². The van der Waals surface area contributed by atoms with Crippen LogP contribution in [-0.4, -0.2) is 33.7 Å². The van der Waals surface area contributed by atoms with Crippen molar-refractivity contribution in [3.05, 3.63) is 58.9 Å². The number of amides is 3. The molecule has 0 radical (unpaired) electrons. The molecule has 27 heavy (non-hydrogen) atoms. The largest absolute Gasteiger partial charge is 0.348 e. The second-order valence-electron chi connectivity index (χ2n) is 7.17. The highest BCUT2D eigenvalue weighted by atomic mass is 16.2. The van der Waals surface area contributed by atoms with Gasteiger partial charge in [0, 0.05) is 23.5 Å². The summed E-state index contributed by atoms with van der Waals surface area (Å²) < 4.78 is 2.09. The van der Waals surface area contributed by atoms with E-state index in [0.717, 1.165) is 29.3 Å². The molecule has 6 nitrogen and oxygen atoms in total. The molecule has 1 saturated heterocycles. The Morgan fingerprint density at radius 3 is 2.44 bits per heavy atom. The number of ketones is 1. The van der Waals surface area contributed by atoms with Crippen molar-refractivity contribution in [1.29, 1.82) is 0 Å². The molecule has 6 heteroatoms. The van der Waals surface area contributed by atoms with Crippen molar-refractivity contribution in [3.63, 3.8) is 0 Å². The van der Waals surface area contributed by atoms with Crippen molar-refractivity contribution < 1.29 is 14.4 Å². The number of urea groups is 1. The highest BCUT2D eigenvalue weighted by Crippen LogP contribution is 2.29. The van der Waals surface area contributed by atoms with Crippen LogP contribution < -0.4 is 5.32 Å². The van der Waals surface area contributed by atoms with Crippen molar-refractivity contribution in [3.8, 4) is 0 Å². The smallest absolute Gasteiger partial charge is 0.325 e. The first-order valence-electron chi connectivity index (χ1n) is 9.19. The Balaban J connectivity index is 1.84. The molecule has 1 aromatic carbocycles. The van der Waals surface area contributed by atoms with Gasteiger partial charge in [0.2, 0.25) is 0 Å². The summed E-state index contributed by atoms with van der Waals surface area (Å²) in [5.41, 5.74) is 1.98. The number of rotatable bonds is 6. The van der Waals surface area contributed by atoms with Gasteiger partial charge >= 0.3 is 6.03 Å². The number of Topliss-reactive ketones (excluding diaryl/α,β-unsaturated/α-hetero) is 1. The zero-order chi connectivity index (χ0) is 19.8. The predicted molar refractivity (Wildman–Crippen MR) is 103 cm³/mol. The van der Waals surface area contributed by atoms with Gasteiger partial charge in [-0.2, -0.15) is 0 Å². The maximum absolute atomic E-state index is 12.9. The first-order valence-corrected chi connectivity index (χ1v) is 9.19. The minimum absolute atomic E-state index is 0.230. The minimum atomic E-state index is -1.16. The molecule has 1 atom stereocenters. The molecule has 1 N–H and O–H groups in total. The van der Waals surface area contributed by atoms with Crippen LogP contribution in [0.25, 0.3) is 0 Å². The number of carbonyl (C=O) groups is 3. The Morgan fingerprint density at radius 2 is 1.81 bits per heavy atom. The fourth-order valence-corrected chi connectivity index (χ4v) is 3.69. The van der Waals surface area contributed by atoms with Crippen molar-refractivity contribution in [1.82, 2.24) is 14.8 Å². The van der Waals surface area contributed by atoms with Crippen LogP contribution >= 0.6 is 0 Å². The quantitative estimate of drug-likeness (QED) is 0.630. The van der Waals surface area contributed by atoms with Gasteiger partial charge < -0.3 is 9.88 Å². The van der Waals surface area contributed by atoms with E-state index >= 15 is 0 Å². The lowest BCUT2D eigenvalue weighted by Gasteiger charge is -2.22. The lowest BCUT2D eigenvalue weighted by Crippen LogP contribution is -2.41. The summed E-state index contributed by atoms with van der Waals surface area (Å²) in [5.74, 6) is -0.638. The fourth-order valence-electron chi connectivity index (χ4n) is 3.69. The second kappa shape index (κ2) is 7.02. The maximum atomic E-state index is 12.9. The molecule has 0 aliphatic carbocycles. The van der Waals surface area contributed by atoms with Crippen LogP contribution in [-0.2, 0) is 16.9 Å². The van der Waals surface area contributed by atoms with Crippen molar-refractivity contribution in [2.75, 3.05) is 6.54 Å². The number of hydrogen-bond donors (Lipinski definition) is 1. The molecule has 3 amide bonds. The fraction of sp³-hybridized carbons (Fsp3) is 0.381. The van der Waals surface area contributed by atoms with Crippen LogP contribution in [0.15, 0.2) is 36.4 Å². The molecule has 2 aromatic rings. The van der Waals surface area contributed by atoms with Gasteiger partial charge in [-0.3, -0.25) is 14.5 Å². The molecule has 1 fully saturated rings. The van der Waals surface area contributed by atoms with Crippen LogP contribution in [0.4, 0.5) is 4.79 Å². The molecule has 3 rings (SSSR count). The summed E-state index contributed by atoms with van der Waals surface area (Å²) in [7, 11) is 0. The number of nitrogens with one attached hydrogen (secondary N) is 1. The predicted octanol–water partition coefficient (Wildman–Crippen LogP) is 3.16. The zero-order valence-corrected chi connectivity index (χ0v) is 16.2. The number of aryl methyl sites for hydroxylation is 1.